The van der Waals surface area contributed by atoms with Gasteiger partial charge in [-0.15, -0.1) is 0 Å². The van der Waals surface area contributed by atoms with E-state index in [9.17, 15) is 4.39 Å². The van der Waals surface area contributed by atoms with Gasteiger partial charge in [-0.3, -0.25) is 0 Å². The summed E-state index contributed by atoms with van der Waals surface area (Å²) in [4.78, 5) is 0. The molecule has 76 valence electrons. The molecule has 0 atom stereocenters. The summed E-state index contributed by atoms with van der Waals surface area (Å²) in [7, 11) is 0. The van der Waals surface area contributed by atoms with E-state index in [0.29, 0.717) is 6.42 Å². The van der Waals surface area contributed by atoms with Gasteiger partial charge in [0.25, 0.3) is 0 Å². The van der Waals surface area contributed by atoms with Gasteiger partial charge in [0.2, 0.25) is 0 Å². The highest BCUT2D eigenvalue weighted by Gasteiger charge is 2.23. The van der Waals surface area contributed by atoms with E-state index in [1.807, 2.05) is 26.8 Å². The van der Waals surface area contributed by atoms with Crippen molar-refractivity contribution in [3.05, 3.63) is 23.0 Å². The summed E-state index contributed by atoms with van der Waals surface area (Å²) in [6, 6.07) is 0. The predicted octanol–water partition coefficient (Wildman–Crippen LogP) is 4.63. The van der Waals surface area contributed by atoms with E-state index >= 15 is 0 Å². The van der Waals surface area contributed by atoms with Crippen LogP contribution < -0.4 is 0 Å². The molecule has 0 aromatic rings. The molecule has 0 spiro atoms. The van der Waals surface area contributed by atoms with Gasteiger partial charge in [-0.05, 0) is 23.5 Å². The Bertz CT molecular complexity index is 226. The van der Waals surface area contributed by atoms with Crippen molar-refractivity contribution in [3.8, 4) is 0 Å². The van der Waals surface area contributed by atoms with Gasteiger partial charge in [0.15, 0.2) is 0 Å². The van der Waals surface area contributed by atoms with Crippen LogP contribution in [0.25, 0.3) is 0 Å². The Labute approximate surface area is 81.5 Å². The molecule has 0 N–H and O–H groups in total. The van der Waals surface area contributed by atoms with E-state index in [1.165, 1.54) is 0 Å². The van der Waals surface area contributed by atoms with E-state index in [1.54, 1.807) is 0 Å². The fourth-order valence-corrected chi connectivity index (χ4v) is 1.51. The van der Waals surface area contributed by atoms with E-state index in [4.69, 9.17) is 0 Å². The molecule has 0 aromatic carbocycles. The lowest BCUT2D eigenvalue weighted by molar-refractivity contribution is 0.509. The van der Waals surface area contributed by atoms with E-state index in [2.05, 4.69) is 20.8 Å². The summed E-state index contributed by atoms with van der Waals surface area (Å²) in [5.41, 5.74) is 2.10. The molecule has 1 rings (SSSR count). The molecule has 0 heterocycles. The zero-order valence-corrected chi connectivity index (χ0v) is 9.66. The molecule has 0 saturated carbocycles. The maximum absolute atomic E-state index is 12.9. The minimum atomic E-state index is 0.0370. The summed E-state index contributed by atoms with van der Waals surface area (Å²) >= 11 is 0. The van der Waals surface area contributed by atoms with Crippen LogP contribution in [0.15, 0.2) is 23.0 Å². The second-order valence-electron chi connectivity index (χ2n) is 4.10. The van der Waals surface area contributed by atoms with Crippen molar-refractivity contribution in [2.75, 3.05) is 0 Å². The highest BCUT2D eigenvalue weighted by atomic mass is 19.1. The number of halogens is 1. The third kappa shape index (κ3) is 2.98. The minimum Gasteiger partial charge on any atom is -0.211 e. The highest BCUT2D eigenvalue weighted by Crippen LogP contribution is 2.38. The summed E-state index contributed by atoms with van der Waals surface area (Å²) in [5.74, 6) is 0.0370. The topological polar surface area (TPSA) is 0 Å². The Kier molecular flexibility index (Phi) is 4.38. The van der Waals surface area contributed by atoms with Crippen molar-refractivity contribution < 1.29 is 4.39 Å². The molecule has 0 aliphatic heterocycles. The third-order valence-corrected chi connectivity index (χ3v) is 2.10. The van der Waals surface area contributed by atoms with Gasteiger partial charge in [0, 0.05) is 6.42 Å². The molecule has 0 bridgehead atoms. The predicted molar refractivity (Wildman–Crippen MR) is 57.3 cm³/mol. The second-order valence-corrected chi connectivity index (χ2v) is 4.10. The average molecular weight is 184 g/mol. The average Bonchev–Trinajstić information content (AvgIpc) is 2.36. The first-order valence-corrected chi connectivity index (χ1v) is 4.99. The number of rotatable bonds is 0. The van der Waals surface area contributed by atoms with Crippen LogP contribution in [0.3, 0.4) is 0 Å². The first kappa shape index (κ1) is 12.4. The Morgan fingerprint density at radius 1 is 1.23 bits per heavy atom. The van der Waals surface area contributed by atoms with Gasteiger partial charge >= 0.3 is 0 Å². The summed E-state index contributed by atoms with van der Waals surface area (Å²) in [6.45, 7) is 12.2. The molecule has 0 fully saturated rings. The van der Waals surface area contributed by atoms with Crippen LogP contribution in [0.1, 0.15) is 48.0 Å². The Balaban J connectivity index is 0.000000671. The molecular weight excluding hydrogens is 163 g/mol. The Morgan fingerprint density at radius 2 is 1.69 bits per heavy atom. The largest absolute Gasteiger partial charge is 0.211 e. The normalized spacial score (nSPS) is 16.7. The van der Waals surface area contributed by atoms with Crippen LogP contribution in [-0.4, -0.2) is 0 Å². The zero-order valence-electron chi connectivity index (χ0n) is 9.66. The Morgan fingerprint density at radius 3 is 1.85 bits per heavy atom. The molecule has 0 amide bonds. The van der Waals surface area contributed by atoms with Crippen molar-refractivity contribution in [2.24, 2.45) is 5.41 Å². The smallest absolute Gasteiger partial charge is 0.107 e. The maximum Gasteiger partial charge on any atom is 0.107 e. The van der Waals surface area contributed by atoms with Crippen molar-refractivity contribution >= 4 is 0 Å². The summed E-state index contributed by atoms with van der Waals surface area (Å²) in [5, 5.41) is 0. The quantitative estimate of drug-likeness (QED) is 0.515. The molecule has 0 radical (unpaired) electrons. The van der Waals surface area contributed by atoms with E-state index in [-0.39, 0.29) is 11.2 Å². The second kappa shape index (κ2) is 4.59. The molecule has 0 saturated heterocycles. The van der Waals surface area contributed by atoms with Crippen molar-refractivity contribution in [3.63, 3.8) is 0 Å². The van der Waals surface area contributed by atoms with Crippen molar-refractivity contribution in [1.29, 1.82) is 0 Å². The standard InChI is InChI=1S/C10H15F.C2H6/c1-7-8(10(2,3)4)5-6-9(7)11;1-2/h5H,6H2,1-4H3;1-2H3. The number of allylic oxidation sites excluding steroid dienone is 4. The monoisotopic (exact) mass is 184 g/mol. The van der Waals surface area contributed by atoms with Gasteiger partial charge < -0.3 is 0 Å². The molecule has 1 heteroatoms. The van der Waals surface area contributed by atoms with Crippen molar-refractivity contribution in [1.82, 2.24) is 0 Å². The van der Waals surface area contributed by atoms with Crippen LogP contribution in [0.5, 0.6) is 0 Å². The van der Waals surface area contributed by atoms with Gasteiger partial charge in [-0.1, -0.05) is 40.7 Å². The van der Waals surface area contributed by atoms with E-state index < -0.39 is 0 Å². The SMILES string of the molecule is CC.CC1=C(F)CC=C1C(C)(C)C. The van der Waals surface area contributed by atoms with Crippen LogP contribution in [0.2, 0.25) is 0 Å². The van der Waals surface area contributed by atoms with Gasteiger partial charge in [0.05, 0.1) is 0 Å². The molecule has 0 aromatic heterocycles. The molecule has 1 aliphatic carbocycles. The fourth-order valence-electron chi connectivity index (χ4n) is 1.51. The van der Waals surface area contributed by atoms with Crippen LogP contribution in [0, 0.1) is 5.41 Å². The van der Waals surface area contributed by atoms with Gasteiger partial charge in [-0.25, -0.2) is 4.39 Å². The molecule has 0 nitrogen and oxygen atoms in total. The lowest BCUT2D eigenvalue weighted by Gasteiger charge is -2.21. The van der Waals surface area contributed by atoms with Crippen LogP contribution in [0.4, 0.5) is 4.39 Å². The molecule has 13 heavy (non-hydrogen) atoms. The zero-order chi connectivity index (χ0) is 10.6. The third-order valence-electron chi connectivity index (χ3n) is 2.10. The lowest BCUT2D eigenvalue weighted by Crippen LogP contribution is -2.08. The first-order chi connectivity index (χ1) is 5.93. The summed E-state index contributed by atoms with van der Waals surface area (Å²) < 4.78 is 12.9. The fraction of sp³-hybridized carbons (Fsp3) is 0.667. The van der Waals surface area contributed by atoms with Crippen LogP contribution in [-0.2, 0) is 0 Å². The minimum absolute atomic E-state index is 0.0370. The molecule has 0 unspecified atom stereocenters. The highest BCUT2D eigenvalue weighted by molar-refractivity contribution is 5.41. The van der Waals surface area contributed by atoms with Crippen LogP contribution >= 0.6 is 0 Å². The maximum atomic E-state index is 12.9. The Hall–Kier alpha value is -0.590. The van der Waals surface area contributed by atoms with Gasteiger partial charge in [0.1, 0.15) is 5.83 Å². The first-order valence-electron chi connectivity index (χ1n) is 4.99. The number of hydrogen-bond acceptors (Lipinski definition) is 0. The summed E-state index contributed by atoms with van der Waals surface area (Å²) in [6.07, 6.45) is 2.49. The molecule has 1 aliphatic rings. The van der Waals surface area contributed by atoms with Crippen molar-refractivity contribution in [2.45, 2.75) is 48.0 Å². The molecular formula is C12H21F. The lowest BCUT2D eigenvalue weighted by atomic mass is 9.84. The van der Waals surface area contributed by atoms with Gasteiger partial charge in [-0.2, -0.15) is 0 Å². The number of hydrogen-bond donors (Lipinski definition) is 0. The van der Waals surface area contributed by atoms with E-state index in [0.717, 1.165) is 11.1 Å².